The summed E-state index contributed by atoms with van der Waals surface area (Å²) < 4.78 is 26.6. The molecule has 2 rings (SSSR count). The predicted molar refractivity (Wildman–Crippen MR) is 58.7 cm³/mol. The standard InChI is InChI=1S/C9H19N3O2S/c1-10-4-3-9(7-10)8-11(2)15(13,14)12-5-6-12/h9H,3-8H2,1-2H3. The van der Waals surface area contributed by atoms with Crippen molar-refractivity contribution in [3.63, 3.8) is 0 Å². The van der Waals surface area contributed by atoms with E-state index in [9.17, 15) is 8.42 Å². The van der Waals surface area contributed by atoms with Crippen molar-refractivity contribution >= 4 is 10.2 Å². The first-order chi connectivity index (χ1) is 7.00. The van der Waals surface area contributed by atoms with Gasteiger partial charge >= 0.3 is 0 Å². The molecule has 0 amide bonds. The van der Waals surface area contributed by atoms with E-state index in [1.165, 1.54) is 8.61 Å². The molecule has 2 fully saturated rings. The van der Waals surface area contributed by atoms with Gasteiger partial charge in [0.15, 0.2) is 0 Å². The van der Waals surface area contributed by atoms with E-state index in [0.29, 0.717) is 25.6 Å². The van der Waals surface area contributed by atoms with E-state index in [2.05, 4.69) is 11.9 Å². The van der Waals surface area contributed by atoms with Gasteiger partial charge in [-0.05, 0) is 25.9 Å². The van der Waals surface area contributed by atoms with Gasteiger partial charge in [-0.2, -0.15) is 17.0 Å². The van der Waals surface area contributed by atoms with Crippen molar-refractivity contribution < 1.29 is 8.42 Å². The Morgan fingerprint density at radius 1 is 1.33 bits per heavy atom. The molecule has 2 heterocycles. The zero-order valence-corrected chi connectivity index (χ0v) is 10.2. The molecule has 15 heavy (non-hydrogen) atoms. The monoisotopic (exact) mass is 233 g/mol. The molecule has 0 aromatic carbocycles. The minimum Gasteiger partial charge on any atom is -0.306 e. The highest BCUT2D eigenvalue weighted by atomic mass is 32.2. The van der Waals surface area contributed by atoms with Crippen molar-refractivity contribution in [3.05, 3.63) is 0 Å². The normalized spacial score (nSPS) is 28.9. The number of rotatable bonds is 4. The minimum absolute atomic E-state index is 0.495. The maximum absolute atomic E-state index is 11.8. The molecule has 0 aliphatic carbocycles. The van der Waals surface area contributed by atoms with Gasteiger partial charge in [0.25, 0.3) is 10.2 Å². The predicted octanol–water partition coefficient (Wildman–Crippen LogP) is -0.570. The fourth-order valence-electron chi connectivity index (χ4n) is 2.10. The van der Waals surface area contributed by atoms with Crippen LogP contribution in [-0.2, 0) is 10.2 Å². The van der Waals surface area contributed by atoms with Crippen molar-refractivity contribution in [1.82, 2.24) is 13.5 Å². The molecule has 88 valence electrons. The quantitative estimate of drug-likeness (QED) is 0.611. The first kappa shape index (κ1) is 11.3. The van der Waals surface area contributed by atoms with Crippen LogP contribution in [0.25, 0.3) is 0 Å². The Labute approximate surface area is 91.8 Å². The highest BCUT2D eigenvalue weighted by Gasteiger charge is 2.36. The number of likely N-dealkylation sites (tertiary alicyclic amines) is 1. The summed E-state index contributed by atoms with van der Waals surface area (Å²) in [6, 6.07) is 0. The second-order valence-electron chi connectivity index (χ2n) is 4.60. The molecule has 0 saturated carbocycles. The highest BCUT2D eigenvalue weighted by molar-refractivity contribution is 7.87. The summed E-state index contributed by atoms with van der Waals surface area (Å²) in [6.45, 7) is 4.14. The third-order valence-corrected chi connectivity index (χ3v) is 5.09. The minimum atomic E-state index is -3.12. The van der Waals surface area contributed by atoms with Crippen LogP contribution >= 0.6 is 0 Å². The molecule has 1 atom stereocenters. The number of hydrogen-bond donors (Lipinski definition) is 0. The maximum atomic E-state index is 11.8. The highest BCUT2D eigenvalue weighted by Crippen LogP contribution is 2.20. The summed E-state index contributed by atoms with van der Waals surface area (Å²) >= 11 is 0. The van der Waals surface area contributed by atoms with Gasteiger partial charge in [-0.1, -0.05) is 0 Å². The van der Waals surface area contributed by atoms with Crippen LogP contribution in [0, 0.1) is 5.92 Å². The van der Waals surface area contributed by atoms with Gasteiger partial charge < -0.3 is 4.90 Å². The Balaban J connectivity index is 1.89. The summed E-state index contributed by atoms with van der Waals surface area (Å²) in [4.78, 5) is 2.25. The third-order valence-electron chi connectivity index (χ3n) is 3.13. The zero-order valence-electron chi connectivity index (χ0n) is 9.39. The fraction of sp³-hybridized carbons (Fsp3) is 1.00. The Hall–Kier alpha value is -0.170. The molecule has 2 aliphatic heterocycles. The molecule has 0 N–H and O–H groups in total. The van der Waals surface area contributed by atoms with Crippen LogP contribution < -0.4 is 0 Å². The maximum Gasteiger partial charge on any atom is 0.281 e. The largest absolute Gasteiger partial charge is 0.306 e. The average molecular weight is 233 g/mol. The number of hydrogen-bond acceptors (Lipinski definition) is 3. The molecule has 0 radical (unpaired) electrons. The molecule has 1 unspecified atom stereocenters. The second-order valence-corrected chi connectivity index (χ2v) is 6.64. The van der Waals surface area contributed by atoms with Crippen molar-refractivity contribution in [2.75, 3.05) is 46.8 Å². The molecule has 0 aromatic heterocycles. The number of nitrogens with zero attached hydrogens (tertiary/aromatic N) is 3. The molecule has 6 heteroatoms. The molecule has 2 aliphatic rings. The lowest BCUT2D eigenvalue weighted by atomic mass is 10.1. The van der Waals surface area contributed by atoms with Crippen molar-refractivity contribution in [1.29, 1.82) is 0 Å². The van der Waals surface area contributed by atoms with E-state index in [1.807, 2.05) is 0 Å². The van der Waals surface area contributed by atoms with Crippen LogP contribution in [0.2, 0.25) is 0 Å². The van der Waals surface area contributed by atoms with Crippen LogP contribution in [0.4, 0.5) is 0 Å². The van der Waals surface area contributed by atoms with Crippen LogP contribution in [0.15, 0.2) is 0 Å². The van der Waals surface area contributed by atoms with E-state index >= 15 is 0 Å². The summed E-state index contributed by atoms with van der Waals surface area (Å²) in [7, 11) is 0.646. The van der Waals surface area contributed by atoms with E-state index in [1.54, 1.807) is 7.05 Å². The van der Waals surface area contributed by atoms with Crippen LogP contribution in [0.3, 0.4) is 0 Å². The van der Waals surface area contributed by atoms with E-state index < -0.39 is 10.2 Å². The first-order valence-electron chi connectivity index (χ1n) is 5.40. The Morgan fingerprint density at radius 3 is 2.47 bits per heavy atom. The van der Waals surface area contributed by atoms with Gasteiger partial charge in [-0.15, -0.1) is 0 Å². The molecule has 0 spiro atoms. The van der Waals surface area contributed by atoms with E-state index in [-0.39, 0.29) is 0 Å². The average Bonchev–Trinajstić information content (AvgIpc) is 2.92. The molecular formula is C9H19N3O2S. The van der Waals surface area contributed by atoms with Crippen molar-refractivity contribution in [2.45, 2.75) is 6.42 Å². The van der Waals surface area contributed by atoms with E-state index in [4.69, 9.17) is 0 Å². The third kappa shape index (κ3) is 2.50. The van der Waals surface area contributed by atoms with Gasteiger partial charge in [0, 0.05) is 33.2 Å². The smallest absolute Gasteiger partial charge is 0.281 e. The molecule has 2 saturated heterocycles. The van der Waals surface area contributed by atoms with Gasteiger partial charge in [-0.3, -0.25) is 0 Å². The van der Waals surface area contributed by atoms with Gasteiger partial charge in [0.2, 0.25) is 0 Å². The van der Waals surface area contributed by atoms with Gasteiger partial charge in [0.1, 0.15) is 0 Å². The lowest BCUT2D eigenvalue weighted by Gasteiger charge is -2.20. The van der Waals surface area contributed by atoms with Gasteiger partial charge in [0.05, 0.1) is 0 Å². The first-order valence-corrected chi connectivity index (χ1v) is 6.80. The second kappa shape index (κ2) is 4.01. The molecular weight excluding hydrogens is 214 g/mol. The summed E-state index contributed by atoms with van der Waals surface area (Å²) in [5, 5.41) is 0. The van der Waals surface area contributed by atoms with Crippen LogP contribution in [0.5, 0.6) is 0 Å². The van der Waals surface area contributed by atoms with Crippen LogP contribution in [0.1, 0.15) is 6.42 Å². The van der Waals surface area contributed by atoms with Crippen molar-refractivity contribution in [2.24, 2.45) is 5.92 Å². The Morgan fingerprint density at radius 2 is 2.00 bits per heavy atom. The molecule has 5 nitrogen and oxygen atoms in total. The van der Waals surface area contributed by atoms with Crippen LogP contribution in [-0.4, -0.2) is 68.7 Å². The summed E-state index contributed by atoms with van der Waals surface area (Å²) in [5.41, 5.74) is 0. The Kier molecular flexibility index (Phi) is 3.03. The lowest BCUT2D eigenvalue weighted by Crippen LogP contribution is -2.36. The Bertz CT molecular complexity index is 326. The van der Waals surface area contributed by atoms with Crippen molar-refractivity contribution in [3.8, 4) is 0 Å². The topological polar surface area (TPSA) is 43.6 Å². The summed E-state index contributed by atoms with van der Waals surface area (Å²) in [6.07, 6.45) is 1.11. The SMILES string of the molecule is CN1CCC(CN(C)S(=O)(=O)N2CC2)C1. The zero-order chi connectivity index (χ0) is 11.1. The fourth-order valence-corrected chi connectivity index (χ4v) is 3.44. The molecule has 0 bridgehead atoms. The molecule has 0 aromatic rings. The lowest BCUT2D eigenvalue weighted by molar-refractivity contribution is 0.350. The summed E-state index contributed by atoms with van der Waals surface area (Å²) in [5.74, 6) is 0.495. The van der Waals surface area contributed by atoms with E-state index in [0.717, 1.165) is 19.5 Å². The van der Waals surface area contributed by atoms with Gasteiger partial charge in [-0.25, -0.2) is 0 Å².